The predicted molar refractivity (Wildman–Crippen MR) is 92.7 cm³/mol. The van der Waals surface area contributed by atoms with Crippen LogP contribution in [-0.2, 0) is 20.9 Å². The zero-order valence-corrected chi connectivity index (χ0v) is 13.6. The molecule has 3 rings (SSSR count). The minimum atomic E-state index is -0.751. The smallest absolute Gasteiger partial charge is 0.313 e. The summed E-state index contributed by atoms with van der Waals surface area (Å²) in [5.41, 5.74) is 2.05. The normalized spacial score (nSPS) is 13.6. The van der Waals surface area contributed by atoms with Gasteiger partial charge in [-0.25, -0.2) is 0 Å². The van der Waals surface area contributed by atoms with Gasteiger partial charge >= 0.3 is 11.8 Å². The molecule has 7 heteroatoms. The minimum Gasteiger partial charge on any atom is -0.344 e. The van der Waals surface area contributed by atoms with Crippen LogP contribution in [0.25, 0.3) is 0 Å². The highest BCUT2D eigenvalue weighted by atomic mass is 16.2. The summed E-state index contributed by atoms with van der Waals surface area (Å²) in [6, 6.07) is 10.4. The Morgan fingerprint density at radius 1 is 1.12 bits per heavy atom. The van der Waals surface area contributed by atoms with Gasteiger partial charge in [0.05, 0.1) is 0 Å². The van der Waals surface area contributed by atoms with Gasteiger partial charge in [-0.05, 0) is 42.3 Å². The standard InChI is InChI=1S/C18H18N4O3/c23-16-5-2-10-22(16)15-4-1-3-14(11-15)21-18(25)17(24)20-12-13-6-8-19-9-7-13/h1,3-4,6-9,11H,2,5,10,12H2,(H,20,24)(H,21,25). The number of anilines is 2. The Morgan fingerprint density at radius 3 is 2.64 bits per heavy atom. The van der Waals surface area contributed by atoms with Crippen molar-refractivity contribution in [2.24, 2.45) is 0 Å². The molecule has 7 nitrogen and oxygen atoms in total. The number of nitrogens with zero attached hydrogens (tertiary/aromatic N) is 2. The molecular formula is C18H18N4O3. The molecule has 0 unspecified atom stereocenters. The molecule has 1 aromatic heterocycles. The molecule has 0 aliphatic carbocycles. The molecule has 2 aromatic rings. The third-order valence-corrected chi connectivity index (χ3v) is 3.90. The zero-order valence-electron chi connectivity index (χ0n) is 13.6. The van der Waals surface area contributed by atoms with Crippen LogP contribution in [0, 0.1) is 0 Å². The number of rotatable bonds is 4. The van der Waals surface area contributed by atoms with Gasteiger partial charge in [-0.15, -0.1) is 0 Å². The van der Waals surface area contributed by atoms with E-state index < -0.39 is 11.8 Å². The van der Waals surface area contributed by atoms with Crippen molar-refractivity contribution in [2.45, 2.75) is 19.4 Å². The van der Waals surface area contributed by atoms with Crippen LogP contribution in [0.5, 0.6) is 0 Å². The highest BCUT2D eigenvalue weighted by Gasteiger charge is 2.22. The maximum atomic E-state index is 12.0. The van der Waals surface area contributed by atoms with Crippen LogP contribution in [-0.4, -0.2) is 29.3 Å². The highest BCUT2D eigenvalue weighted by Crippen LogP contribution is 2.24. The average molecular weight is 338 g/mol. The number of nitrogens with one attached hydrogen (secondary N) is 2. The Bertz CT molecular complexity index is 792. The van der Waals surface area contributed by atoms with Crippen molar-refractivity contribution < 1.29 is 14.4 Å². The summed E-state index contributed by atoms with van der Waals surface area (Å²) in [4.78, 5) is 41.3. The number of benzene rings is 1. The van der Waals surface area contributed by atoms with Crippen molar-refractivity contribution in [1.82, 2.24) is 10.3 Å². The van der Waals surface area contributed by atoms with E-state index in [0.29, 0.717) is 18.7 Å². The molecule has 0 spiro atoms. The van der Waals surface area contributed by atoms with E-state index in [-0.39, 0.29) is 12.5 Å². The first-order chi connectivity index (χ1) is 12.1. The van der Waals surface area contributed by atoms with Gasteiger partial charge < -0.3 is 15.5 Å². The lowest BCUT2D eigenvalue weighted by Gasteiger charge is -2.16. The molecule has 1 saturated heterocycles. The molecule has 0 saturated carbocycles. The molecule has 1 aliphatic rings. The van der Waals surface area contributed by atoms with Crippen molar-refractivity contribution in [2.75, 3.05) is 16.8 Å². The molecule has 0 radical (unpaired) electrons. The van der Waals surface area contributed by atoms with Gasteiger partial charge in [0.2, 0.25) is 5.91 Å². The van der Waals surface area contributed by atoms with Gasteiger partial charge in [-0.1, -0.05) is 6.07 Å². The Morgan fingerprint density at radius 2 is 1.92 bits per heavy atom. The predicted octanol–water partition coefficient (Wildman–Crippen LogP) is 1.46. The van der Waals surface area contributed by atoms with Crippen LogP contribution in [0.15, 0.2) is 48.8 Å². The van der Waals surface area contributed by atoms with Crippen molar-refractivity contribution >= 4 is 29.1 Å². The summed E-state index contributed by atoms with van der Waals surface area (Å²) >= 11 is 0. The first-order valence-corrected chi connectivity index (χ1v) is 8.02. The van der Waals surface area contributed by atoms with Crippen LogP contribution in [0.3, 0.4) is 0 Å². The molecule has 1 fully saturated rings. The highest BCUT2D eigenvalue weighted by molar-refractivity contribution is 6.39. The molecule has 1 aliphatic heterocycles. The van der Waals surface area contributed by atoms with Gasteiger partial charge in [0.15, 0.2) is 0 Å². The van der Waals surface area contributed by atoms with E-state index in [1.54, 1.807) is 47.6 Å². The molecule has 0 atom stereocenters. The SMILES string of the molecule is O=C(NCc1ccncc1)C(=O)Nc1cccc(N2CCCC2=O)c1. The Hall–Kier alpha value is -3.22. The van der Waals surface area contributed by atoms with Gasteiger partial charge in [0.25, 0.3) is 0 Å². The number of carbonyl (C=O) groups is 3. The molecule has 25 heavy (non-hydrogen) atoms. The van der Waals surface area contributed by atoms with Gasteiger partial charge in [-0.3, -0.25) is 19.4 Å². The Balaban J connectivity index is 1.59. The third-order valence-electron chi connectivity index (χ3n) is 3.90. The van der Waals surface area contributed by atoms with Crippen LogP contribution in [0.2, 0.25) is 0 Å². The van der Waals surface area contributed by atoms with Gasteiger partial charge in [0.1, 0.15) is 0 Å². The number of aromatic nitrogens is 1. The maximum absolute atomic E-state index is 12.0. The van der Waals surface area contributed by atoms with Crippen LogP contribution in [0.1, 0.15) is 18.4 Å². The summed E-state index contributed by atoms with van der Waals surface area (Å²) in [6.07, 6.45) is 4.60. The maximum Gasteiger partial charge on any atom is 0.313 e. The Labute approximate surface area is 145 Å². The minimum absolute atomic E-state index is 0.0681. The first kappa shape index (κ1) is 16.6. The monoisotopic (exact) mass is 338 g/mol. The second-order valence-corrected chi connectivity index (χ2v) is 5.69. The summed E-state index contributed by atoms with van der Waals surface area (Å²) in [5, 5.41) is 5.11. The molecule has 3 amide bonds. The van der Waals surface area contributed by atoms with E-state index in [1.165, 1.54) is 0 Å². The van der Waals surface area contributed by atoms with E-state index in [4.69, 9.17) is 0 Å². The molecule has 2 N–H and O–H groups in total. The summed E-state index contributed by atoms with van der Waals surface area (Å²) in [7, 11) is 0. The van der Waals surface area contributed by atoms with Crippen LogP contribution in [0.4, 0.5) is 11.4 Å². The van der Waals surface area contributed by atoms with Crippen molar-refractivity contribution in [3.05, 3.63) is 54.4 Å². The fraction of sp³-hybridized carbons (Fsp3) is 0.222. The number of hydrogen-bond donors (Lipinski definition) is 2. The molecule has 128 valence electrons. The molecular weight excluding hydrogens is 320 g/mol. The lowest BCUT2D eigenvalue weighted by molar-refractivity contribution is -0.136. The van der Waals surface area contributed by atoms with Crippen molar-refractivity contribution in [3.63, 3.8) is 0 Å². The number of amides is 3. The summed E-state index contributed by atoms with van der Waals surface area (Å²) in [5.74, 6) is -1.41. The van der Waals surface area contributed by atoms with E-state index in [2.05, 4.69) is 15.6 Å². The lowest BCUT2D eigenvalue weighted by Crippen LogP contribution is -2.35. The lowest BCUT2D eigenvalue weighted by atomic mass is 10.2. The second-order valence-electron chi connectivity index (χ2n) is 5.69. The third kappa shape index (κ3) is 4.20. The van der Waals surface area contributed by atoms with E-state index in [0.717, 1.165) is 17.7 Å². The number of carbonyl (C=O) groups excluding carboxylic acids is 3. The van der Waals surface area contributed by atoms with E-state index >= 15 is 0 Å². The van der Waals surface area contributed by atoms with Gasteiger partial charge in [-0.2, -0.15) is 0 Å². The fourth-order valence-electron chi connectivity index (χ4n) is 2.62. The van der Waals surface area contributed by atoms with Crippen LogP contribution >= 0.6 is 0 Å². The zero-order chi connectivity index (χ0) is 17.6. The fourth-order valence-corrected chi connectivity index (χ4v) is 2.62. The largest absolute Gasteiger partial charge is 0.344 e. The number of pyridine rings is 1. The summed E-state index contributed by atoms with van der Waals surface area (Å²) < 4.78 is 0. The van der Waals surface area contributed by atoms with Gasteiger partial charge in [0, 0.05) is 43.3 Å². The second kappa shape index (κ2) is 7.57. The molecule has 0 bridgehead atoms. The Kier molecular flexibility index (Phi) is 5.03. The van der Waals surface area contributed by atoms with E-state index in [1.807, 2.05) is 6.07 Å². The summed E-state index contributed by atoms with van der Waals surface area (Å²) in [6.45, 7) is 0.916. The quantitative estimate of drug-likeness (QED) is 0.826. The average Bonchev–Trinajstić information content (AvgIpc) is 3.06. The van der Waals surface area contributed by atoms with E-state index in [9.17, 15) is 14.4 Å². The topological polar surface area (TPSA) is 91.4 Å². The molecule has 2 heterocycles. The molecule has 1 aromatic carbocycles. The first-order valence-electron chi connectivity index (χ1n) is 8.02. The van der Waals surface area contributed by atoms with Crippen molar-refractivity contribution in [3.8, 4) is 0 Å². The van der Waals surface area contributed by atoms with Crippen molar-refractivity contribution in [1.29, 1.82) is 0 Å². The van der Waals surface area contributed by atoms with Crippen LogP contribution < -0.4 is 15.5 Å². The number of hydrogen-bond acceptors (Lipinski definition) is 4.